The number of nitrogens with one attached hydrogen (secondary N) is 1. The highest BCUT2D eigenvalue weighted by Gasteiger charge is 2.42. The molecule has 0 spiro atoms. The Labute approximate surface area is 329 Å². The van der Waals surface area contributed by atoms with Crippen molar-refractivity contribution in [3.05, 3.63) is 77.0 Å². The van der Waals surface area contributed by atoms with Crippen LogP contribution in [-0.2, 0) is 23.2 Å². The van der Waals surface area contributed by atoms with E-state index < -0.39 is 11.9 Å². The molecule has 0 aliphatic carbocycles. The number of carbonyl (C=O) groups is 2. The second-order valence-electron chi connectivity index (χ2n) is 16.1. The minimum Gasteiger partial charge on any atom is -0.507 e. The third-order valence-electron chi connectivity index (χ3n) is 12.3. The molecule has 4 saturated heterocycles. The lowest BCUT2D eigenvalue weighted by molar-refractivity contribution is -0.135. The number of nitrogens with zero attached hydrogens (tertiary/aromatic N) is 10. The van der Waals surface area contributed by atoms with Gasteiger partial charge in [-0.3, -0.25) is 24.0 Å². The molecule has 7 heterocycles. The predicted octanol–water partition coefficient (Wildman–Crippen LogP) is 3.06. The number of piperidine rings is 2. The third kappa shape index (κ3) is 6.91. The quantitative estimate of drug-likeness (QED) is 0.186. The van der Waals surface area contributed by atoms with Gasteiger partial charge in [0.1, 0.15) is 11.8 Å². The lowest BCUT2D eigenvalue weighted by atomic mass is 9.95. The van der Waals surface area contributed by atoms with E-state index in [1.54, 1.807) is 23.7 Å². The standard InChI is InChI=1S/C41H48N12O4/c1-48(21-25-13-15-50(16-14-25)27-9-10-32-34(17-27)49(2)41(57)53(32)33-11-12-37(55)45-39(33)56)22-26-19-43-40(44-20-26)52-28-7-8-29(52)24-51(23-28)35-18-31(46-47-38(35)42)30-5-3-4-6-36(30)54/h3-6,9-10,17-20,25,28-29,33,54H,7-8,11-16,21-24H2,1-2H3,(H2,42,47)(H,45,55,56). The summed E-state index contributed by atoms with van der Waals surface area (Å²) < 4.78 is 3.13. The number of anilines is 4. The number of imidazole rings is 1. The Bertz CT molecular complexity index is 2370. The van der Waals surface area contributed by atoms with Crippen LogP contribution in [0, 0.1) is 5.92 Å². The molecule has 4 N–H and O–H groups in total. The van der Waals surface area contributed by atoms with Crippen LogP contribution in [0.3, 0.4) is 0 Å². The van der Waals surface area contributed by atoms with E-state index in [-0.39, 0.29) is 35.9 Å². The molecule has 4 aliphatic rings. The molecular formula is C41H48N12O4. The molecule has 16 nitrogen and oxygen atoms in total. The van der Waals surface area contributed by atoms with Gasteiger partial charge in [0.05, 0.1) is 22.4 Å². The molecule has 5 aromatic rings. The summed E-state index contributed by atoms with van der Waals surface area (Å²) in [5.74, 6) is 1.14. The fourth-order valence-electron chi connectivity index (χ4n) is 9.42. The number of aromatic hydroxyl groups is 1. The van der Waals surface area contributed by atoms with E-state index in [9.17, 15) is 19.5 Å². The van der Waals surface area contributed by atoms with Gasteiger partial charge in [0.15, 0.2) is 5.82 Å². The number of hydrogen-bond donors (Lipinski definition) is 3. The molecular weight excluding hydrogens is 725 g/mol. The number of phenols is 1. The van der Waals surface area contributed by atoms with Crippen molar-refractivity contribution in [1.82, 2.24) is 39.5 Å². The normalized spacial score (nSPS) is 21.5. The molecule has 4 fully saturated rings. The van der Waals surface area contributed by atoms with Crippen molar-refractivity contribution in [1.29, 1.82) is 0 Å². The fraction of sp³-hybridized carbons (Fsp3) is 0.439. The van der Waals surface area contributed by atoms with Gasteiger partial charge in [0.2, 0.25) is 17.8 Å². The number of fused-ring (bicyclic) bond motifs is 3. The van der Waals surface area contributed by atoms with Gasteiger partial charge >= 0.3 is 5.69 Å². The third-order valence-corrected chi connectivity index (χ3v) is 12.3. The number of carbonyl (C=O) groups excluding carboxylic acids is 2. The number of benzene rings is 2. The van der Waals surface area contributed by atoms with Crippen LogP contribution in [0.4, 0.5) is 23.1 Å². The largest absolute Gasteiger partial charge is 0.507 e. The number of nitrogen functional groups attached to an aromatic ring is 1. The van der Waals surface area contributed by atoms with Crippen LogP contribution < -0.4 is 31.4 Å². The first kappa shape index (κ1) is 36.6. The molecule has 3 unspecified atom stereocenters. The Balaban J connectivity index is 0.787. The average molecular weight is 773 g/mol. The fourth-order valence-corrected chi connectivity index (χ4v) is 9.42. The lowest BCUT2D eigenvalue weighted by Gasteiger charge is -2.42. The van der Waals surface area contributed by atoms with Crippen molar-refractivity contribution < 1.29 is 14.7 Å². The highest BCUT2D eigenvalue weighted by atomic mass is 16.3. The molecule has 2 amide bonds. The molecule has 0 saturated carbocycles. The Morgan fingerprint density at radius 3 is 2.35 bits per heavy atom. The van der Waals surface area contributed by atoms with E-state index in [0.29, 0.717) is 34.9 Å². The van der Waals surface area contributed by atoms with E-state index in [1.807, 2.05) is 48.8 Å². The zero-order chi connectivity index (χ0) is 39.4. The summed E-state index contributed by atoms with van der Waals surface area (Å²) in [7, 11) is 3.89. The summed E-state index contributed by atoms with van der Waals surface area (Å²) in [6.45, 7) is 5.12. The van der Waals surface area contributed by atoms with E-state index in [2.05, 4.69) is 42.2 Å². The maximum atomic E-state index is 13.2. The van der Waals surface area contributed by atoms with Crippen LogP contribution in [-0.4, -0.2) is 103 Å². The van der Waals surface area contributed by atoms with Crippen LogP contribution in [0.25, 0.3) is 22.3 Å². The molecule has 296 valence electrons. The number of aryl methyl sites for hydroxylation is 1. The van der Waals surface area contributed by atoms with E-state index >= 15 is 0 Å². The van der Waals surface area contributed by atoms with Gasteiger partial charge in [-0.05, 0) is 81.5 Å². The van der Waals surface area contributed by atoms with E-state index in [4.69, 9.17) is 15.7 Å². The summed E-state index contributed by atoms with van der Waals surface area (Å²) in [6, 6.07) is 14.9. The maximum Gasteiger partial charge on any atom is 0.329 e. The number of para-hydroxylation sites is 1. The zero-order valence-electron chi connectivity index (χ0n) is 32.3. The van der Waals surface area contributed by atoms with Gasteiger partial charge in [0, 0.05) is 94.0 Å². The van der Waals surface area contributed by atoms with Crippen molar-refractivity contribution in [2.75, 3.05) is 60.2 Å². The minimum atomic E-state index is -0.691. The number of nitrogens with two attached hydrogens (primary N) is 1. The molecule has 0 radical (unpaired) electrons. The van der Waals surface area contributed by atoms with Gasteiger partial charge < -0.3 is 30.4 Å². The van der Waals surface area contributed by atoms with Gasteiger partial charge in [-0.2, -0.15) is 0 Å². The molecule has 57 heavy (non-hydrogen) atoms. The molecule has 4 aliphatic heterocycles. The Kier molecular flexibility index (Phi) is 9.51. The molecule has 3 aromatic heterocycles. The average Bonchev–Trinajstić information content (AvgIpc) is 3.61. The van der Waals surface area contributed by atoms with Crippen molar-refractivity contribution in [2.45, 2.75) is 63.2 Å². The number of phenolic OH excluding ortho intramolecular Hbond substituents is 1. The van der Waals surface area contributed by atoms with Crippen LogP contribution in [0.15, 0.2) is 65.7 Å². The topological polar surface area (TPSA) is 184 Å². The SMILES string of the molecule is CN(Cc1cnc(N2C3CCC2CN(c2cc(-c4ccccc4O)nnc2N)C3)nc1)CC1CCN(c2ccc3c(c2)n(C)c(=O)n3C2CCC(=O)NC2=O)CC1. The van der Waals surface area contributed by atoms with Crippen LogP contribution >= 0.6 is 0 Å². The summed E-state index contributed by atoms with van der Waals surface area (Å²) in [5, 5.41) is 21.3. The number of aromatic nitrogens is 6. The maximum absolute atomic E-state index is 13.2. The van der Waals surface area contributed by atoms with Crippen molar-refractivity contribution in [2.24, 2.45) is 13.0 Å². The Morgan fingerprint density at radius 1 is 0.895 bits per heavy atom. The second kappa shape index (κ2) is 14.8. The smallest absolute Gasteiger partial charge is 0.329 e. The van der Waals surface area contributed by atoms with Crippen LogP contribution in [0.5, 0.6) is 5.75 Å². The first-order chi connectivity index (χ1) is 27.6. The Morgan fingerprint density at radius 2 is 1.63 bits per heavy atom. The molecule has 9 rings (SSSR count). The lowest BCUT2D eigenvalue weighted by Crippen LogP contribution is -2.54. The number of rotatable bonds is 9. The summed E-state index contributed by atoms with van der Waals surface area (Å²) in [5.41, 5.74) is 11.8. The molecule has 2 aromatic carbocycles. The van der Waals surface area contributed by atoms with Crippen molar-refractivity contribution >= 4 is 46.0 Å². The number of hydrogen-bond acceptors (Lipinski definition) is 13. The van der Waals surface area contributed by atoms with Crippen molar-refractivity contribution in [3.63, 3.8) is 0 Å². The second-order valence-corrected chi connectivity index (χ2v) is 16.1. The number of amides is 2. The van der Waals surface area contributed by atoms with E-state index in [1.165, 1.54) is 4.57 Å². The minimum absolute atomic E-state index is 0.158. The highest BCUT2D eigenvalue weighted by molar-refractivity contribution is 6.00. The molecule has 2 bridgehead atoms. The Hall–Kier alpha value is -6.03. The van der Waals surface area contributed by atoms with Gasteiger partial charge in [-0.15, -0.1) is 10.2 Å². The van der Waals surface area contributed by atoms with E-state index in [0.717, 1.165) is 93.4 Å². The highest BCUT2D eigenvalue weighted by Crippen LogP contribution is 2.38. The summed E-state index contributed by atoms with van der Waals surface area (Å²) in [4.78, 5) is 56.7. The summed E-state index contributed by atoms with van der Waals surface area (Å²) >= 11 is 0. The van der Waals surface area contributed by atoms with Crippen LogP contribution in [0.2, 0.25) is 0 Å². The van der Waals surface area contributed by atoms with Gasteiger partial charge in [-0.1, -0.05) is 12.1 Å². The predicted molar refractivity (Wildman–Crippen MR) is 217 cm³/mol. The first-order valence-electron chi connectivity index (χ1n) is 19.8. The zero-order valence-corrected chi connectivity index (χ0v) is 32.3. The molecule has 3 atom stereocenters. The van der Waals surface area contributed by atoms with Crippen molar-refractivity contribution in [3.8, 4) is 17.0 Å². The van der Waals surface area contributed by atoms with Crippen LogP contribution in [0.1, 0.15) is 50.1 Å². The number of imide groups is 1. The summed E-state index contributed by atoms with van der Waals surface area (Å²) in [6.07, 6.45) is 8.67. The van der Waals surface area contributed by atoms with Gasteiger partial charge in [0.25, 0.3) is 0 Å². The van der Waals surface area contributed by atoms with Gasteiger partial charge in [-0.25, -0.2) is 14.8 Å². The monoisotopic (exact) mass is 772 g/mol. The molecule has 16 heteroatoms. The number of piperazine rings is 1. The first-order valence-corrected chi connectivity index (χ1v) is 19.8.